The van der Waals surface area contributed by atoms with Crippen LogP contribution in [0.15, 0.2) is 0 Å². The van der Waals surface area contributed by atoms with Crippen LogP contribution in [0.4, 0.5) is 4.79 Å². The number of carbonyl (C=O) groups is 2. The SMILES string of the molecule is CC(C)(C)OC(=O)N1CC(C)(C(=O)O)CC12CCC2. The molecule has 2 rings (SSSR count). The van der Waals surface area contributed by atoms with E-state index in [9.17, 15) is 14.7 Å². The molecule has 0 aromatic carbocycles. The number of carboxylic acid groups (broad SMARTS) is 1. The van der Waals surface area contributed by atoms with E-state index in [2.05, 4.69) is 0 Å². The number of nitrogens with zero attached hydrogens (tertiary/aromatic N) is 1. The fourth-order valence-corrected chi connectivity index (χ4v) is 3.14. The van der Waals surface area contributed by atoms with E-state index in [1.54, 1.807) is 11.8 Å². The van der Waals surface area contributed by atoms with Gasteiger partial charge < -0.3 is 14.7 Å². The van der Waals surface area contributed by atoms with Gasteiger partial charge in [0.05, 0.1) is 5.41 Å². The van der Waals surface area contributed by atoms with Crippen LogP contribution in [-0.2, 0) is 9.53 Å². The van der Waals surface area contributed by atoms with Crippen LogP contribution in [-0.4, -0.2) is 39.8 Å². The summed E-state index contributed by atoms with van der Waals surface area (Å²) in [6.45, 7) is 7.44. The standard InChI is InChI=1S/C14H23NO4/c1-12(2,3)19-11(18)15-9-13(4,10(16)17)8-14(15)6-5-7-14/h5-9H2,1-4H3,(H,16,17). The van der Waals surface area contributed by atoms with Crippen molar-refractivity contribution in [2.75, 3.05) is 6.54 Å². The molecule has 19 heavy (non-hydrogen) atoms. The average Bonchev–Trinajstić information content (AvgIpc) is 2.51. The molecule has 0 bridgehead atoms. The van der Waals surface area contributed by atoms with E-state index >= 15 is 0 Å². The number of carbonyl (C=O) groups excluding carboxylic acids is 1. The lowest BCUT2D eigenvalue weighted by molar-refractivity contribution is -0.147. The Morgan fingerprint density at radius 2 is 1.84 bits per heavy atom. The second-order valence-corrected chi connectivity index (χ2v) is 7.19. The van der Waals surface area contributed by atoms with Gasteiger partial charge in [-0.25, -0.2) is 4.79 Å². The van der Waals surface area contributed by atoms with Gasteiger partial charge in [0.2, 0.25) is 0 Å². The minimum absolute atomic E-state index is 0.247. The van der Waals surface area contributed by atoms with Crippen LogP contribution in [0, 0.1) is 5.41 Å². The molecule has 0 aromatic heterocycles. The van der Waals surface area contributed by atoms with E-state index in [-0.39, 0.29) is 18.2 Å². The highest BCUT2D eigenvalue weighted by Crippen LogP contribution is 2.52. The van der Waals surface area contributed by atoms with Crippen molar-refractivity contribution in [2.24, 2.45) is 5.41 Å². The van der Waals surface area contributed by atoms with Crippen molar-refractivity contribution in [1.29, 1.82) is 0 Å². The van der Waals surface area contributed by atoms with Crippen molar-refractivity contribution >= 4 is 12.1 Å². The molecular weight excluding hydrogens is 246 g/mol. The van der Waals surface area contributed by atoms with Crippen LogP contribution in [0.5, 0.6) is 0 Å². The minimum atomic E-state index is -0.850. The summed E-state index contributed by atoms with van der Waals surface area (Å²) in [6.07, 6.45) is 2.98. The predicted octanol–water partition coefficient (Wildman–Crippen LogP) is 2.64. The smallest absolute Gasteiger partial charge is 0.410 e. The molecule has 1 spiro atoms. The maximum Gasteiger partial charge on any atom is 0.410 e. The molecule has 2 aliphatic rings. The maximum absolute atomic E-state index is 12.3. The molecule has 1 N–H and O–H groups in total. The van der Waals surface area contributed by atoms with Gasteiger partial charge in [-0.2, -0.15) is 0 Å². The Bertz CT molecular complexity index is 408. The van der Waals surface area contributed by atoms with E-state index in [0.717, 1.165) is 19.3 Å². The Hall–Kier alpha value is -1.26. The number of hydrogen-bond donors (Lipinski definition) is 1. The molecule has 1 unspecified atom stereocenters. The van der Waals surface area contributed by atoms with Gasteiger partial charge in [-0.05, 0) is 53.4 Å². The number of likely N-dealkylation sites (tertiary alicyclic amines) is 1. The molecule has 108 valence electrons. The third-order valence-electron chi connectivity index (χ3n) is 4.21. The fraction of sp³-hybridized carbons (Fsp3) is 0.857. The van der Waals surface area contributed by atoms with Crippen molar-refractivity contribution in [3.8, 4) is 0 Å². The third-order valence-corrected chi connectivity index (χ3v) is 4.21. The van der Waals surface area contributed by atoms with Gasteiger partial charge in [0, 0.05) is 12.1 Å². The second kappa shape index (κ2) is 4.12. The first-order valence-corrected chi connectivity index (χ1v) is 6.82. The number of aliphatic carboxylic acids is 1. The first-order chi connectivity index (χ1) is 8.58. The normalized spacial score (nSPS) is 29.2. The molecule has 1 amide bonds. The Kier molecular flexibility index (Phi) is 3.07. The Morgan fingerprint density at radius 3 is 2.21 bits per heavy atom. The molecule has 1 atom stereocenters. The predicted molar refractivity (Wildman–Crippen MR) is 69.9 cm³/mol. The number of rotatable bonds is 1. The van der Waals surface area contributed by atoms with E-state index in [1.165, 1.54) is 0 Å². The molecule has 1 aliphatic heterocycles. The molecule has 0 radical (unpaired) electrons. The first-order valence-electron chi connectivity index (χ1n) is 6.82. The highest BCUT2D eigenvalue weighted by Gasteiger charge is 2.59. The van der Waals surface area contributed by atoms with E-state index in [0.29, 0.717) is 6.42 Å². The van der Waals surface area contributed by atoms with Crippen LogP contribution >= 0.6 is 0 Å². The molecular formula is C14H23NO4. The summed E-state index contributed by atoms with van der Waals surface area (Å²) >= 11 is 0. The third kappa shape index (κ3) is 2.42. The van der Waals surface area contributed by atoms with Crippen molar-refractivity contribution < 1.29 is 19.4 Å². The van der Waals surface area contributed by atoms with Crippen LogP contribution in [0.2, 0.25) is 0 Å². The fourth-order valence-electron chi connectivity index (χ4n) is 3.14. The van der Waals surface area contributed by atoms with Gasteiger partial charge in [0.15, 0.2) is 0 Å². The minimum Gasteiger partial charge on any atom is -0.481 e. The lowest BCUT2D eigenvalue weighted by Gasteiger charge is -2.45. The van der Waals surface area contributed by atoms with Gasteiger partial charge in [0.25, 0.3) is 0 Å². The van der Waals surface area contributed by atoms with Gasteiger partial charge in [0.1, 0.15) is 5.60 Å². The van der Waals surface area contributed by atoms with E-state index in [1.807, 2.05) is 20.8 Å². The van der Waals surface area contributed by atoms with Crippen LogP contribution in [0.1, 0.15) is 53.4 Å². The summed E-state index contributed by atoms with van der Waals surface area (Å²) in [5.74, 6) is -0.829. The van der Waals surface area contributed by atoms with Crippen LogP contribution in [0.25, 0.3) is 0 Å². The second-order valence-electron chi connectivity index (χ2n) is 7.19. The molecule has 1 heterocycles. The zero-order chi connectivity index (χ0) is 14.5. The molecule has 1 aliphatic carbocycles. The molecule has 5 heteroatoms. The molecule has 2 fully saturated rings. The largest absolute Gasteiger partial charge is 0.481 e. The summed E-state index contributed by atoms with van der Waals surface area (Å²) in [6, 6.07) is 0. The average molecular weight is 269 g/mol. The maximum atomic E-state index is 12.3. The quantitative estimate of drug-likeness (QED) is 0.794. The summed E-state index contributed by atoms with van der Waals surface area (Å²) in [5.41, 5.74) is -1.68. The van der Waals surface area contributed by atoms with Gasteiger partial charge >= 0.3 is 12.1 Å². The Morgan fingerprint density at radius 1 is 1.26 bits per heavy atom. The van der Waals surface area contributed by atoms with Gasteiger partial charge in [-0.15, -0.1) is 0 Å². The Balaban J connectivity index is 2.19. The summed E-state index contributed by atoms with van der Waals surface area (Å²) in [7, 11) is 0. The van der Waals surface area contributed by atoms with Crippen molar-refractivity contribution in [3.63, 3.8) is 0 Å². The summed E-state index contributed by atoms with van der Waals surface area (Å²) < 4.78 is 5.42. The van der Waals surface area contributed by atoms with Crippen molar-refractivity contribution in [1.82, 2.24) is 4.90 Å². The summed E-state index contributed by atoms with van der Waals surface area (Å²) in [4.78, 5) is 25.4. The number of ether oxygens (including phenoxy) is 1. The van der Waals surface area contributed by atoms with Gasteiger partial charge in [-0.1, -0.05) is 0 Å². The highest BCUT2D eigenvalue weighted by atomic mass is 16.6. The van der Waals surface area contributed by atoms with E-state index < -0.39 is 17.0 Å². The van der Waals surface area contributed by atoms with Crippen LogP contribution < -0.4 is 0 Å². The first kappa shape index (κ1) is 14.2. The molecule has 0 aromatic rings. The summed E-state index contributed by atoms with van der Waals surface area (Å²) in [5, 5.41) is 9.38. The lowest BCUT2D eigenvalue weighted by atomic mass is 9.70. The highest BCUT2D eigenvalue weighted by molar-refractivity contribution is 5.78. The number of hydrogen-bond acceptors (Lipinski definition) is 3. The molecule has 5 nitrogen and oxygen atoms in total. The van der Waals surface area contributed by atoms with E-state index in [4.69, 9.17) is 4.74 Å². The van der Waals surface area contributed by atoms with Crippen molar-refractivity contribution in [3.05, 3.63) is 0 Å². The van der Waals surface area contributed by atoms with Crippen molar-refractivity contribution in [2.45, 2.75) is 64.5 Å². The molecule has 1 saturated heterocycles. The number of amides is 1. The zero-order valence-corrected chi connectivity index (χ0v) is 12.2. The zero-order valence-electron chi connectivity index (χ0n) is 12.2. The molecule has 1 saturated carbocycles. The van der Waals surface area contributed by atoms with Gasteiger partial charge in [-0.3, -0.25) is 4.79 Å². The lowest BCUT2D eigenvalue weighted by Crippen LogP contribution is -2.53. The Labute approximate surface area is 113 Å². The number of carboxylic acids is 1. The monoisotopic (exact) mass is 269 g/mol. The van der Waals surface area contributed by atoms with Crippen LogP contribution in [0.3, 0.4) is 0 Å². The topological polar surface area (TPSA) is 66.8 Å².